The van der Waals surface area contributed by atoms with E-state index in [1.54, 1.807) is 0 Å². The van der Waals surface area contributed by atoms with Gasteiger partial charge in [0.2, 0.25) is 0 Å². The summed E-state index contributed by atoms with van der Waals surface area (Å²) in [6, 6.07) is 8.75. The van der Waals surface area contributed by atoms with E-state index in [-0.39, 0.29) is 12.1 Å². The van der Waals surface area contributed by atoms with E-state index in [9.17, 15) is 0 Å². The standard InChI is InChI=1S/C12H17NO/c1-2-9-3-5-10(6-4-9)12-11(13)7-8-14-12/h3-6,11-12H,2,7-8,13H2,1H3. The van der Waals surface area contributed by atoms with E-state index in [2.05, 4.69) is 31.2 Å². The Kier molecular flexibility index (Phi) is 2.85. The fraction of sp³-hybridized carbons (Fsp3) is 0.500. The smallest absolute Gasteiger partial charge is 0.0976 e. The monoisotopic (exact) mass is 191 g/mol. The largest absolute Gasteiger partial charge is 0.372 e. The number of aryl methyl sites for hydroxylation is 1. The number of ether oxygens (including phenoxy) is 1. The van der Waals surface area contributed by atoms with Crippen molar-refractivity contribution in [3.63, 3.8) is 0 Å². The highest BCUT2D eigenvalue weighted by Crippen LogP contribution is 2.27. The van der Waals surface area contributed by atoms with Crippen molar-refractivity contribution < 1.29 is 4.74 Å². The van der Waals surface area contributed by atoms with Gasteiger partial charge in [-0.25, -0.2) is 0 Å². The summed E-state index contributed by atoms with van der Waals surface area (Å²) in [7, 11) is 0. The Balaban J connectivity index is 2.16. The van der Waals surface area contributed by atoms with Crippen molar-refractivity contribution in [1.82, 2.24) is 0 Å². The van der Waals surface area contributed by atoms with Crippen molar-refractivity contribution >= 4 is 0 Å². The van der Waals surface area contributed by atoms with Gasteiger partial charge in [-0.1, -0.05) is 31.2 Å². The van der Waals surface area contributed by atoms with Crippen molar-refractivity contribution in [2.24, 2.45) is 5.73 Å². The summed E-state index contributed by atoms with van der Waals surface area (Å²) in [5.74, 6) is 0. The average molecular weight is 191 g/mol. The molecule has 2 nitrogen and oxygen atoms in total. The molecule has 2 heteroatoms. The molecule has 1 fully saturated rings. The van der Waals surface area contributed by atoms with Crippen molar-refractivity contribution in [3.05, 3.63) is 35.4 Å². The van der Waals surface area contributed by atoms with Gasteiger partial charge < -0.3 is 10.5 Å². The third-order valence-electron chi connectivity index (χ3n) is 2.85. The first-order valence-electron chi connectivity index (χ1n) is 5.27. The predicted molar refractivity (Wildman–Crippen MR) is 57.1 cm³/mol. The normalized spacial score (nSPS) is 26.7. The maximum Gasteiger partial charge on any atom is 0.0976 e. The van der Waals surface area contributed by atoms with Crippen molar-refractivity contribution in [2.45, 2.75) is 31.9 Å². The fourth-order valence-electron chi connectivity index (χ4n) is 1.89. The lowest BCUT2D eigenvalue weighted by Gasteiger charge is -2.14. The third kappa shape index (κ3) is 1.81. The van der Waals surface area contributed by atoms with Gasteiger partial charge in [0.25, 0.3) is 0 Å². The van der Waals surface area contributed by atoms with Crippen molar-refractivity contribution in [3.8, 4) is 0 Å². The molecule has 2 N–H and O–H groups in total. The van der Waals surface area contributed by atoms with Crippen LogP contribution in [0.2, 0.25) is 0 Å². The first-order valence-corrected chi connectivity index (χ1v) is 5.27. The van der Waals surface area contributed by atoms with Crippen LogP contribution in [0.3, 0.4) is 0 Å². The molecule has 1 aliphatic heterocycles. The van der Waals surface area contributed by atoms with Crippen LogP contribution in [-0.4, -0.2) is 12.6 Å². The molecule has 0 saturated carbocycles. The van der Waals surface area contributed by atoms with Gasteiger partial charge >= 0.3 is 0 Å². The van der Waals surface area contributed by atoms with E-state index in [4.69, 9.17) is 10.5 Å². The number of hydrogen-bond acceptors (Lipinski definition) is 2. The van der Waals surface area contributed by atoms with Gasteiger partial charge in [0.05, 0.1) is 6.10 Å². The van der Waals surface area contributed by atoms with Crippen LogP contribution in [0.25, 0.3) is 0 Å². The van der Waals surface area contributed by atoms with Crippen LogP contribution < -0.4 is 5.73 Å². The highest BCUT2D eigenvalue weighted by Gasteiger charge is 2.25. The lowest BCUT2D eigenvalue weighted by molar-refractivity contribution is 0.105. The van der Waals surface area contributed by atoms with Crippen LogP contribution in [0.4, 0.5) is 0 Å². The van der Waals surface area contributed by atoms with Crippen LogP contribution in [0.1, 0.15) is 30.6 Å². The second-order valence-corrected chi connectivity index (χ2v) is 3.84. The van der Waals surface area contributed by atoms with E-state index < -0.39 is 0 Å². The van der Waals surface area contributed by atoms with Crippen LogP contribution in [0.15, 0.2) is 24.3 Å². The molecule has 76 valence electrons. The number of nitrogens with two attached hydrogens (primary N) is 1. The molecule has 1 heterocycles. The Morgan fingerprint density at radius 1 is 1.36 bits per heavy atom. The van der Waals surface area contributed by atoms with Crippen LogP contribution in [-0.2, 0) is 11.2 Å². The maximum atomic E-state index is 5.96. The SMILES string of the molecule is CCc1ccc(C2OCCC2N)cc1. The van der Waals surface area contributed by atoms with E-state index in [0.29, 0.717) is 0 Å². The quantitative estimate of drug-likeness (QED) is 0.776. The van der Waals surface area contributed by atoms with Crippen LogP contribution in [0, 0.1) is 0 Å². The van der Waals surface area contributed by atoms with Gasteiger partial charge in [0.1, 0.15) is 0 Å². The maximum absolute atomic E-state index is 5.96. The van der Waals surface area contributed by atoms with Gasteiger partial charge in [-0.15, -0.1) is 0 Å². The summed E-state index contributed by atoms with van der Waals surface area (Å²) >= 11 is 0. The first-order chi connectivity index (χ1) is 6.81. The van der Waals surface area contributed by atoms with Gasteiger partial charge in [-0.3, -0.25) is 0 Å². The minimum absolute atomic E-state index is 0.112. The Morgan fingerprint density at radius 3 is 2.57 bits per heavy atom. The zero-order valence-electron chi connectivity index (χ0n) is 8.57. The number of hydrogen-bond donors (Lipinski definition) is 1. The van der Waals surface area contributed by atoms with Gasteiger partial charge in [0.15, 0.2) is 0 Å². The Labute approximate surface area is 85.1 Å². The molecular formula is C12H17NO. The predicted octanol–water partition coefficient (Wildman–Crippen LogP) is 2.04. The summed E-state index contributed by atoms with van der Waals surface area (Å²) in [5.41, 5.74) is 8.53. The molecule has 0 spiro atoms. The molecule has 1 saturated heterocycles. The molecule has 1 aliphatic rings. The highest BCUT2D eigenvalue weighted by molar-refractivity contribution is 5.25. The molecule has 14 heavy (non-hydrogen) atoms. The zero-order chi connectivity index (χ0) is 9.97. The van der Waals surface area contributed by atoms with Crippen LogP contribution in [0.5, 0.6) is 0 Å². The molecule has 1 aromatic carbocycles. The molecule has 1 aromatic rings. The molecule has 2 rings (SSSR count). The molecule has 2 unspecified atom stereocenters. The summed E-state index contributed by atoms with van der Waals surface area (Å²) in [6.07, 6.45) is 2.17. The second kappa shape index (κ2) is 4.11. The van der Waals surface area contributed by atoms with Gasteiger partial charge in [-0.05, 0) is 24.0 Å². The molecular weight excluding hydrogens is 174 g/mol. The van der Waals surface area contributed by atoms with E-state index in [1.165, 1.54) is 11.1 Å². The van der Waals surface area contributed by atoms with Crippen molar-refractivity contribution in [2.75, 3.05) is 6.61 Å². The molecule has 0 bridgehead atoms. The molecule has 0 radical (unpaired) electrons. The average Bonchev–Trinajstić information content (AvgIpc) is 2.65. The van der Waals surface area contributed by atoms with Gasteiger partial charge in [0, 0.05) is 12.6 Å². The fourth-order valence-corrected chi connectivity index (χ4v) is 1.89. The molecule has 0 amide bonds. The summed E-state index contributed by atoms with van der Waals surface area (Å²) in [5, 5.41) is 0. The summed E-state index contributed by atoms with van der Waals surface area (Å²) in [4.78, 5) is 0. The molecule has 2 atom stereocenters. The zero-order valence-corrected chi connectivity index (χ0v) is 8.57. The Hall–Kier alpha value is -0.860. The van der Waals surface area contributed by atoms with Crippen LogP contribution >= 0.6 is 0 Å². The Bertz CT molecular complexity index is 294. The first kappa shape index (κ1) is 9.69. The van der Waals surface area contributed by atoms with E-state index in [1.807, 2.05) is 0 Å². The van der Waals surface area contributed by atoms with E-state index >= 15 is 0 Å². The summed E-state index contributed by atoms with van der Waals surface area (Å²) in [6.45, 7) is 2.95. The lowest BCUT2D eigenvalue weighted by atomic mass is 10.0. The minimum Gasteiger partial charge on any atom is -0.372 e. The van der Waals surface area contributed by atoms with Gasteiger partial charge in [-0.2, -0.15) is 0 Å². The highest BCUT2D eigenvalue weighted by atomic mass is 16.5. The molecule has 0 aliphatic carbocycles. The molecule has 0 aromatic heterocycles. The van der Waals surface area contributed by atoms with E-state index in [0.717, 1.165) is 19.4 Å². The lowest BCUT2D eigenvalue weighted by Crippen LogP contribution is -2.23. The van der Waals surface area contributed by atoms with Crippen molar-refractivity contribution in [1.29, 1.82) is 0 Å². The number of benzene rings is 1. The minimum atomic E-state index is 0.112. The summed E-state index contributed by atoms with van der Waals surface area (Å²) < 4.78 is 5.60. The topological polar surface area (TPSA) is 35.2 Å². The second-order valence-electron chi connectivity index (χ2n) is 3.84. The Morgan fingerprint density at radius 2 is 2.07 bits per heavy atom. The third-order valence-corrected chi connectivity index (χ3v) is 2.85. The number of rotatable bonds is 2.